The predicted octanol–water partition coefficient (Wildman–Crippen LogP) is 5.72. The van der Waals surface area contributed by atoms with Gasteiger partial charge in [0.05, 0.1) is 10.7 Å². The predicted molar refractivity (Wildman–Crippen MR) is 90.9 cm³/mol. The van der Waals surface area contributed by atoms with Crippen LogP contribution in [0.25, 0.3) is 11.3 Å². The second kappa shape index (κ2) is 6.70. The van der Waals surface area contributed by atoms with Crippen molar-refractivity contribution in [2.45, 2.75) is 0 Å². The maximum Gasteiger partial charge on any atom is 0.237 e. The Morgan fingerprint density at radius 3 is 2.26 bits per heavy atom. The van der Waals surface area contributed by atoms with Gasteiger partial charge in [-0.1, -0.05) is 53.5 Å². The minimum atomic E-state index is 0.193. The monoisotopic (exact) mass is 340 g/mol. The number of halogens is 2. The molecule has 0 radical (unpaired) electrons. The number of aromatic nitrogens is 1. The average molecular weight is 341 g/mol. The van der Waals surface area contributed by atoms with Gasteiger partial charge in [0.25, 0.3) is 0 Å². The fourth-order valence-corrected chi connectivity index (χ4v) is 2.46. The number of hydrogen-bond acceptors (Lipinski definition) is 3. The number of hydrogen-bond donors (Lipinski definition) is 0. The molecule has 0 aliphatic heterocycles. The smallest absolute Gasteiger partial charge is 0.237 e. The molecule has 3 rings (SSSR count). The molecule has 112 valence electrons. The Labute approximate surface area is 143 Å². The molecule has 23 heavy (non-hydrogen) atoms. The second-order valence-corrected chi connectivity index (χ2v) is 5.49. The lowest BCUT2D eigenvalue weighted by Gasteiger charge is -2.10. The first-order chi connectivity index (χ1) is 11.2. The Bertz CT molecular complexity index is 904. The number of para-hydroxylation sites is 1. The van der Waals surface area contributed by atoms with Crippen molar-refractivity contribution < 1.29 is 4.74 Å². The molecule has 5 heteroatoms. The number of benzene rings is 2. The zero-order valence-corrected chi connectivity index (χ0v) is 13.3. The summed E-state index contributed by atoms with van der Waals surface area (Å²) >= 11 is 12.3. The first kappa shape index (κ1) is 15.4. The Balaban J connectivity index is 2.06. The van der Waals surface area contributed by atoms with Gasteiger partial charge in [0.15, 0.2) is 0 Å². The van der Waals surface area contributed by atoms with Gasteiger partial charge in [-0.05, 0) is 30.3 Å². The lowest BCUT2D eigenvalue weighted by molar-refractivity contribution is 0.462. The van der Waals surface area contributed by atoms with Gasteiger partial charge < -0.3 is 4.74 Å². The highest BCUT2D eigenvalue weighted by molar-refractivity contribution is 6.33. The summed E-state index contributed by atoms with van der Waals surface area (Å²) < 4.78 is 5.72. The highest BCUT2D eigenvalue weighted by Crippen LogP contribution is 2.33. The van der Waals surface area contributed by atoms with E-state index < -0.39 is 0 Å². The molecule has 0 spiro atoms. The zero-order chi connectivity index (χ0) is 16.2. The van der Waals surface area contributed by atoms with Crippen LogP contribution in [0, 0.1) is 11.3 Å². The van der Waals surface area contributed by atoms with E-state index in [9.17, 15) is 5.26 Å². The van der Waals surface area contributed by atoms with E-state index in [0.29, 0.717) is 27.1 Å². The van der Waals surface area contributed by atoms with Crippen molar-refractivity contribution in [3.8, 4) is 29.0 Å². The van der Waals surface area contributed by atoms with Crippen LogP contribution < -0.4 is 4.74 Å². The first-order valence-electron chi connectivity index (χ1n) is 6.77. The van der Waals surface area contributed by atoms with Gasteiger partial charge in [0.1, 0.15) is 17.4 Å². The average Bonchev–Trinajstić information content (AvgIpc) is 2.57. The van der Waals surface area contributed by atoms with Gasteiger partial charge in [0, 0.05) is 10.6 Å². The second-order valence-electron chi connectivity index (χ2n) is 4.67. The molecule has 0 atom stereocenters. The molecule has 1 heterocycles. The molecule has 0 amide bonds. The number of nitrogens with zero attached hydrogens (tertiary/aromatic N) is 2. The SMILES string of the molecule is N#Cc1ccc(-c2ccccc2Cl)nc1Oc1ccccc1Cl. The standard InChI is InChI=1S/C18H10Cl2N2O/c19-14-6-2-1-5-13(14)16-10-9-12(11-21)18(22-16)23-17-8-4-3-7-15(17)20/h1-10H. The quantitative estimate of drug-likeness (QED) is 0.612. The Hall–Kier alpha value is -2.54. The van der Waals surface area contributed by atoms with Gasteiger partial charge in [0.2, 0.25) is 5.88 Å². The van der Waals surface area contributed by atoms with Crippen LogP contribution in [0.4, 0.5) is 0 Å². The summed E-state index contributed by atoms with van der Waals surface area (Å²) in [7, 11) is 0. The summed E-state index contributed by atoms with van der Waals surface area (Å²) in [5.41, 5.74) is 1.71. The van der Waals surface area contributed by atoms with Gasteiger partial charge in [-0.25, -0.2) is 4.98 Å². The molecule has 3 aromatic rings. The molecular weight excluding hydrogens is 331 g/mol. The maximum atomic E-state index is 9.25. The third-order valence-corrected chi connectivity index (χ3v) is 3.82. The van der Waals surface area contributed by atoms with E-state index in [1.165, 1.54) is 0 Å². The number of nitriles is 1. The van der Waals surface area contributed by atoms with Crippen LogP contribution in [-0.2, 0) is 0 Å². The Morgan fingerprint density at radius 1 is 0.870 bits per heavy atom. The van der Waals surface area contributed by atoms with Gasteiger partial charge in [-0.2, -0.15) is 5.26 Å². The van der Waals surface area contributed by atoms with Gasteiger partial charge >= 0.3 is 0 Å². The summed E-state index contributed by atoms with van der Waals surface area (Å²) in [5, 5.41) is 10.3. The number of rotatable bonds is 3. The summed E-state index contributed by atoms with van der Waals surface area (Å²) in [6, 6.07) is 19.8. The largest absolute Gasteiger partial charge is 0.436 e. The van der Waals surface area contributed by atoms with Crippen LogP contribution in [0.1, 0.15) is 5.56 Å². The molecule has 0 aliphatic rings. The van der Waals surface area contributed by atoms with Crippen molar-refractivity contribution in [2.24, 2.45) is 0 Å². The van der Waals surface area contributed by atoms with Gasteiger partial charge in [-0.3, -0.25) is 0 Å². The van der Waals surface area contributed by atoms with E-state index in [0.717, 1.165) is 5.56 Å². The third kappa shape index (κ3) is 3.29. The van der Waals surface area contributed by atoms with E-state index in [1.54, 1.807) is 42.5 Å². The van der Waals surface area contributed by atoms with Crippen LogP contribution in [0.5, 0.6) is 11.6 Å². The molecule has 2 aromatic carbocycles. The molecule has 0 unspecified atom stereocenters. The molecule has 3 nitrogen and oxygen atoms in total. The normalized spacial score (nSPS) is 10.1. The Kier molecular flexibility index (Phi) is 4.47. The van der Waals surface area contributed by atoms with E-state index in [2.05, 4.69) is 11.1 Å². The summed E-state index contributed by atoms with van der Waals surface area (Å²) in [6.07, 6.45) is 0. The van der Waals surface area contributed by atoms with Crippen LogP contribution in [0.15, 0.2) is 60.7 Å². The van der Waals surface area contributed by atoms with Crippen molar-refractivity contribution in [1.82, 2.24) is 4.98 Å². The van der Waals surface area contributed by atoms with Crippen LogP contribution >= 0.6 is 23.2 Å². The molecule has 1 aromatic heterocycles. The zero-order valence-electron chi connectivity index (χ0n) is 11.8. The molecular formula is C18H10Cl2N2O. The van der Waals surface area contributed by atoms with Crippen LogP contribution in [-0.4, -0.2) is 4.98 Å². The lowest BCUT2D eigenvalue weighted by atomic mass is 10.1. The van der Waals surface area contributed by atoms with E-state index in [4.69, 9.17) is 27.9 Å². The van der Waals surface area contributed by atoms with Crippen molar-refractivity contribution in [1.29, 1.82) is 5.26 Å². The minimum Gasteiger partial charge on any atom is -0.436 e. The topological polar surface area (TPSA) is 45.9 Å². The van der Waals surface area contributed by atoms with Crippen LogP contribution in [0.2, 0.25) is 10.0 Å². The Morgan fingerprint density at radius 2 is 1.57 bits per heavy atom. The van der Waals surface area contributed by atoms with Gasteiger partial charge in [-0.15, -0.1) is 0 Å². The lowest BCUT2D eigenvalue weighted by Crippen LogP contribution is -1.95. The third-order valence-electron chi connectivity index (χ3n) is 3.17. The van der Waals surface area contributed by atoms with E-state index in [1.807, 2.05) is 18.2 Å². The minimum absolute atomic E-state index is 0.193. The van der Waals surface area contributed by atoms with Crippen molar-refractivity contribution in [2.75, 3.05) is 0 Å². The summed E-state index contributed by atoms with van der Waals surface area (Å²) in [4.78, 5) is 4.42. The number of pyridine rings is 1. The van der Waals surface area contributed by atoms with Crippen molar-refractivity contribution in [3.63, 3.8) is 0 Å². The maximum absolute atomic E-state index is 9.25. The molecule has 0 fully saturated rings. The molecule has 0 aliphatic carbocycles. The van der Waals surface area contributed by atoms with E-state index >= 15 is 0 Å². The summed E-state index contributed by atoms with van der Waals surface area (Å²) in [5.74, 6) is 0.632. The highest BCUT2D eigenvalue weighted by Gasteiger charge is 2.12. The fraction of sp³-hybridized carbons (Fsp3) is 0. The number of ether oxygens (including phenoxy) is 1. The molecule has 0 N–H and O–H groups in total. The first-order valence-corrected chi connectivity index (χ1v) is 7.53. The molecule has 0 bridgehead atoms. The van der Waals surface area contributed by atoms with Crippen LogP contribution in [0.3, 0.4) is 0 Å². The van der Waals surface area contributed by atoms with Crippen molar-refractivity contribution >= 4 is 23.2 Å². The molecule has 0 saturated carbocycles. The summed E-state index contributed by atoms with van der Waals surface area (Å²) in [6.45, 7) is 0. The highest BCUT2D eigenvalue weighted by atomic mass is 35.5. The fourth-order valence-electron chi connectivity index (χ4n) is 2.05. The molecule has 0 saturated heterocycles. The van der Waals surface area contributed by atoms with E-state index in [-0.39, 0.29) is 5.88 Å². The van der Waals surface area contributed by atoms with Crippen molar-refractivity contribution in [3.05, 3.63) is 76.3 Å².